The molecule has 3 N–H and O–H groups in total. The van der Waals surface area contributed by atoms with Gasteiger partial charge in [0.05, 0.1) is 17.6 Å². The Labute approximate surface area is 163 Å². The Kier molecular flexibility index (Phi) is 7.76. The highest BCUT2D eigenvalue weighted by Crippen LogP contribution is 2.16. The van der Waals surface area contributed by atoms with E-state index in [1.165, 1.54) is 31.4 Å². The van der Waals surface area contributed by atoms with Crippen molar-refractivity contribution < 1.29 is 23.1 Å². The van der Waals surface area contributed by atoms with Crippen molar-refractivity contribution in [2.75, 3.05) is 26.8 Å². The van der Waals surface area contributed by atoms with Gasteiger partial charge in [0.1, 0.15) is 0 Å². The average Bonchev–Trinajstić information content (AvgIpc) is 2.66. The SMILES string of the molecule is COCCNS(=O)(=O)c1ccc(C(=O)NC[C@@H](O)c2ccc(Cl)cc2)cc1. The lowest BCUT2D eigenvalue weighted by Crippen LogP contribution is -2.29. The van der Waals surface area contributed by atoms with E-state index in [1.54, 1.807) is 24.3 Å². The molecular formula is C18H21ClN2O5S. The molecule has 0 aliphatic carbocycles. The van der Waals surface area contributed by atoms with E-state index in [1.807, 2.05) is 0 Å². The molecule has 0 heterocycles. The number of amides is 1. The Morgan fingerprint density at radius 3 is 2.37 bits per heavy atom. The summed E-state index contributed by atoms with van der Waals surface area (Å²) in [6.45, 7) is 0.429. The van der Waals surface area contributed by atoms with Gasteiger partial charge in [0.25, 0.3) is 5.91 Å². The molecule has 2 aromatic rings. The van der Waals surface area contributed by atoms with Crippen molar-refractivity contribution in [1.29, 1.82) is 0 Å². The van der Waals surface area contributed by atoms with Gasteiger partial charge < -0.3 is 15.2 Å². The molecule has 7 nitrogen and oxygen atoms in total. The lowest BCUT2D eigenvalue weighted by Gasteiger charge is -2.13. The Morgan fingerprint density at radius 2 is 1.78 bits per heavy atom. The summed E-state index contributed by atoms with van der Waals surface area (Å²) in [5.41, 5.74) is 0.914. The lowest BCUT2D eigenvalue weighted by atomic mass is 10.1. The fraction of sp³-hybridized carbons (Fsp3) is 0.278. The second kappa shape index (κ2) is 9.82. The van der Waals surface area contributed by atoms with Gasteiger partial charge in [0.15, 0.2) is 0 Å². The van der Waals surface area contributed by atoms with Crippen molar-refractivity contribution in [3.63, 3.8) is 0 Å². The van der Waals surface area contributed by atoms with Crippen LogP contribution in [0.4, 0.5) is 0 Å². The first-order chi connectivity index (χ1) is 12.8. The Bertz CT molecular complexity index is 854. The van der Waals surface area contributed by atoms with Gasteiger partial charge in [-0.15, -0.1) is 0 Å². The topological polar surface area (TPSA) is 105 Å². The standard InChI is InChI=1S/C18H21ClN2O5S/c1-26-11-10-21-27(24,25)16-8-4-14(5-9-16)18(23)20-12-17(22)13-2-6-15(19)7-3-13/h2-9,17,21-22H,10-12H2,1H3,(H,20,23)/t17-/m1/s1. The summed E-state index contributed by atoms with van der Waals surface area (Å²) in [7, 11) is -2.18. The highest BCUT2D eigenvalue weighted by atomic mass is 35.5. The van der Waals surface area contributed by atoms with Gasteiger partial charge in [-0.2, -0.15) is 0 Å². The first-order valence-electron chi connectivity index (χ1n) is 8.14. The molecule has 0 spiro atoms. The minimum Gasteiger partial charge on any atom is -0.387 e. The number of halogens is 1. The van der Waals surface area contributed by atoms with E-state index in [2.05, 4.69) is 10.0 Å². The van der Waals surface area contributed by atoms with E-state index >= 15 is 0 Å². The summed E-state index contributed by atoms with van der Waals surface area (Å²) in [6.07, 6.45) is -0.879. The van der Waals surface area contributed by atoms with Crippen molar-refractivity contribution in [3.05, 3.63) is 64.7 Å². The van der Waals surface area contributed by atoms with Crippen LogP contribution >= 0.6 is 11.6 Å². The van der Waals surface area contributed by atoms with Crippen molar-refractivity contribution in [3.8, 4) is 0 Å². The predicted octanol–water partition coefficient (Wildman–Crippen LogP) is 1.73. The number of aliphatic hydroxyl groups is 1. The van der Waals surface area contributed by atoms with Crippen molar-refractivity contribution in [2.24, 2.45) is 0 Å². The third kappa shape index (κ3) is 6.30. The molecule has 2 rings (SSSR count). The molecule has 1 amide bonds. The van der Waals surface area contributed by atoms with Gasteiger partial charge in [0.2, 0.25) is 10.0 Å². The Balaban J connectivity index is 1.94. The molecule has 0 saturated heterocycles. The number of nitrogens with one attached hydrogen (secondary N) is 2. The molecule has 0 bridgehead atoms. The third-order valence-electron chi connectivity index (χ3n) is 3.74. The maximum Gasteiger partial charge on any atom is 0.251 e. The Morgan fingerprint density at radius 1 is 1.15 bits per heavy atom. The van der Waals surface area contributed by atoms with Crippen LogP contribution in [0.2, 0.25) is 5.02 Å². The molecule has 1 atom stereocenters. The molecule has 0 saturated carbocycles. The number of aliphatic hydroxyl groups excluding tert-OH is 1. The molecule has 9 heteroatoms. The van der Waals surface area contributed by atoms with E-state index in [0.717, 1.165) is 0 Å². The molecule has 0 aliphatic heterocycles. The number of ether oxygens (including phenoxy) is 1. The summed E-state index contributed by atoms with van der Waals surface area (Å²) in [4.78, 5) is 12.2. The minimum atomic E-state index is -3.65. The number of sulfonamides is 1. The van der Waals surface area contributed by atoms with Crippen LogP contribution in [0.25, 0.3) is 0 Å². The maximum atomic E-state index is 12.2. The van der Waals surface area contributed by atoms with E-state index in [4.69, 9.17) is 16.3 Å². The molecule has 0 aromatic heterocycles. The van der Waals surface area contributed by atoms with E-state index in [0.29, 0.717) is 10.6 Å². The van der Waals surface area contributed by atoms with Crippen LogP contribution < -0.4 is 10.0 Å². The quantitative estimate of drug-likeness (QED) is 0.544. The molecular weight excluding hydrogens is 392 g/mol. The third-order valence-corrected chi connectivity index (χ3v) is 5.46. The summed E-state index contributed by atoms with van der Waals surface area (Å²) in [5, 5.41) is 13.3. The summed E-state index contributed by atoms with van der Waals surface area (Å²) in [5.74, 6) is -0.417. The zero-order valence-electron chi connectivity index (χ0n) is 14.7. The largest absolute Gasteiger partial charge is 0.387 e. The van der Waals surface area contributed by atoms with Crippen LogP contribution in [-0.4, -0.2) is 46.2 Å². The van der Waals surface area contributed by atoms with Gasteiger partial charge in [0, 0.05) is 30.8 Å². The Hall–Kier alpha value is -1.97. The summed E-state index contributed by atoms with van der Waals surface area (Å²) < 4.78 is 31.3. The lowest BCUT2D eigenvalue weighted by molar-refractivity contribution is 0.0916. The number of carbonyl (C=O) groups is 1. The zero-order chi connectivity index (χ0) is 19.9. The molecule has 0 fully saturated rings. The molecule has 0 radical (unpaired) electrons. The van der Waals surface area contributed by atoms with Crippen molar-refractivity contribution >= 4 is 27.5 Å². The van der Waals surface area contributed by atoms with Crippen LogP contribution in [0.3, 0.4) is 0 Å². The van der Waals surface area contributed by atoms with Gasteiger partial charge in [-0.05, 0) is 42.0 Å². The van der Waals surface area contributed by atoms with E-state index < -0.39 is 22.0 Å². The monoisotopic (exact) mass is 412 g/mol. The molecule has 27 heavy (non-hydrogen) atoms. The fourth-order valence-corrected chi connectivity index (χ4v) is 3.38. The van der Waals surface area contributed by atoms with Crippen LogP contribution in [0.5, 0.6) is 0 Å². The molecule has 2 aromatic carbocycles. The normalized spacial score (nSPS) is 12.6. The maximum absolute atomic E-state index is 12.2. The minimum absolute atomic E-state index is 0.0130. The number of hydrogen-bond acceptors (Lipinski definition) is 5. The number of benzene rings is 2. The highest BCUT2D eigenvalue weighted by Gasteiger charge is 2.15. The van der Waals surface area contributed by atoms with Gasteiger partial charge >= 0.3 is 0 Å². The number of carbonyl (C=O) groups excluding carboxylic acids is 1. The highest BCUT2D eigenvalue weighted by molar-refractivity contribution is 7.89. The number of hydrogen-bond donors (Lipinski definition) is 3. The number of methoxy groups -OCH3 is 1. The number of rotatable bonds is 9. The molecule has 0 unspecified atom stereocenters. The van der Waals surface area contributed by atoms with Gasteiger partial charge in [-0.25, -0.2) is 13.1 Å². The molecule has 0 aliphatic rings. The second-order valence-corrected chi connectivity index (χ2v) is 7.90. The summed E-state index contributed by atoms with van der Waals surface area (Å²) >= 11 is 5.80. The first kappa shape index (κ1) is 21.3. The average molecular weight is 413 g/mol. The van der Waals surface area contributed by atoms with Crippen molar-refractivity contribution in [2.45, 2.75) is 11.0 Å². The predicted molar refractivity (Wildman–Crippen MR) is 102 cm³/mol. The van der Waals surface area contributed by atoms with Gasteiger partial charge in [-0.1, -0.05) is 23.7 Å². The fourth-order valence-electron chi connectivity index (χ4n) is 2.24. The van der Waals surface area contributed by atoms with Crippen LogP contribution in [0, 0.1) is 0 Å². The van der Waals surface area contributed by atoms with E-state index in [-0.39, 0.29) is 30.2 Å². The van der Waals surface area contributed by atoms with Crippen LogP contribution in [-0.2, 0) is 14.8 Å². The zero-order valence-corrected chi connectivity index (χ0v) is 16.3. The van der Waals surface area contributed by atoms with Crippen LogP contribution in [0.1, 0.15) is 22.0 Å². The summed E-state index contributed by atoms with van der Waals surface area (Å²) in [6, 6.07) is 12.2. The molecule has 146 valence electrons. The van der Waals surface area contributed by atoms with Gasteiger partial charge in [-0.3, -0.25) is 4.79 Å². The van der Waals surface area contributed by atoms with Crippen molar-refractivity contribution in [1.82, 2.24) is 10.0 Å². The smallest absolute Gasteiger partial charge is 0.251 e. The second-order valence-electron chi connectivity index (χ2n) is 5.69. The first-order valence-corrected chi connectivity index (χ1v) is 10.00. The van der Waals surface area contributed by atoms with Crippen LogP contribution in [0.15, 0.2) is 53.4 Å². The van der Waals surface area contributed by atoms with E-state index in [9.17, 15) is 18.3 Å².